The van der Waals surface area contributed by atoms with Crippen molar-refractivity contribution < 1.29 is 9.90 Å². The minimum atomic E-state index is -0.304. The smallest absolute Gasteiger partial charge is 0.331 e. The van der Waals surface area contributed by atoms with E-state index in [1.54, 1.807) is 4.90 Å². The Kier molecular flexibility index (Phi) is 2.67. The number of nitrogens with zero attached hydrogens (tertiary/aromatic N) is 1. The molecule has 0 aliphatic carbocycles. The van der Waals surface area contributed by atoms with Crippen molar-refractivity contribution in [2.24, 2.45) is 5.84 Å². The molecule has 0 spiro atoms. The van der Waals surface area contributed by atoms with E-state index in [4.69, 9.17) is 10.9 Å². The van der Waals surface area contributed by atoms with Crippen LogP contribution in [0.25, 0.3) is 0 Å². The normalized spacial score (nSPS) is 23.8. The molecule has 5 heteroatoms. The SMILES string of the molecule is NNC(=O)N1CCCC1CO. The van der Waals surface area contributed by atoms with Gasteiger partial charge in [0.15, 0.2) is 0 Å². The number of carbonyl (C=O) groups is 1. The maximum absolute atomic E-state index is 11.0. The molecule has 0 aromatic carbocycles. The quantitative estimate of drug-likeness (QED) is 0.261. The Morgan fingerprint density at radius 2 is 2.55 bits per heavy atom. The van der Waals surface area contributed by atoms with E-state index < -0.39 is 0 Å². The highest BCUT2D eigenvalue weighted by Crippen LogP contribution is 2.15. The van der Waals surface area contributed by atoms with Crippen LogP contribution in [-0.4, -0.2) is 35.2 Å². The van der Waals surface area contributed by atoms with Crippen molar-refractivity contribution in [3.63, 3.8) is 0 Å². The van der Waals surface area contributed by atoms with E-state index in [9.17, 15) is 4.79 Å². The van der Waals surface area contributed by atoms with Crippen LogP contribution in [0.2, 0.25) is 0 Å². The molecular formula is C6H13N3O2. The Hall–Kier alpha value is -0.810. The summed E-state index contributed by atoms with van der Waals surface area (Å²) in [7, 11) is 0. The number of hydrazine groups is 1. The van der Waals surface area contributed by atoms with Crippen LogP contribution in [0.15, 0.2) is 0 Å². The lowest BCUT2D eigenvalue weighted by molar-refractivity contribution is 0.157. The Morgan fingerprint density at radius 3 is 3.09 bits per heavy atom. The number of urea groups is 1. The maximum atomic E-state index is 11.0. The number of carbonyl (C=O) groups excluding carboxylic acids is 1. The van der Waals surface area contributed by atoms with Crippen molar-refractivity contribution in [2.45, 2.75) is 18.9 Å². The lowest BCUT2D eigenvalue weighted by atomic mass is 10.2. The molecule has 1 atom stereocenters. The van der Waals surface area contributed by atoms with E-state index in [1.165, 1.54) is 0 Å². The van der Waals surface area contributed by atoms with Gasteiger partial charge in [-0.05, 0) is 12.8 Å². The third-order valence-corrected chi connectivity index (χ3v) is 1.97. The van der Waals surface area contributed by atoms with Gasteiger partial charge in [0, 0.05) is 6.54 Å². The molecule has 5 nitrogen and oxygen atoms in total. The van der Waals surface area contributed by atoms with Crippen molar-refractivity contribution in [3.8, 4) is 0 Å². The third-order valence-electron chi connectivity index (χ3n) is 1.97. The van der Waals surface area contributed by atoms with Crippen molar-refractivity contribution >= 4 is 6.03 Å². The lowest BCUT2D eigenvalue weighted by Gasteiger charge is -2.21. The molecule has 0 bridgehead atoms. The first kappa shape index (κ1) is 8.29. The average molecular weight is 159 g/mol. The molecule has 1 fully saturated rings. The van der Waals surface area contributed by atoms with E-state index in [0.29, 0.717) is 6.54 Å². The monoisotopic (exact) mass is 159 g/mol. The van der Waals surface area contributed by atoms with Gasteiger partial charge in [-0.1, -0.05) is 0 Å². The molecule has 0 saturated carbocycles. The second kappa shape index (κ2) is 3.54. The van der Waals surface area contributed by atoms with Gasteiger partial charge in [0.05, 0.1) is 12.6 Å². The zero-order chi connectivity index (χ0) is 8.27. The van der Waals surface area contributed by atoms with Crippen LogP contribution in [0.1, 0.15) is 12.8 Å². The van der Waals surface area contributed by atoms with E-state index in [2.05, 4.69) is 0 Å². The molecule has 1 unspecified atom stereocenters. The van der Waals surface area contributed by atoms with Crippen molar-refractivity contribution in [2.75, 3.05) is 13.2 Å². The standard InChI is InChI=1S/C6H13N3O2/c7-8-6(11)9-3-1-2-5(9)4-10/h5,10H,1-4,7H2,(H,8,11). The number of aliphatic hydroxyl groups is 1. The molecule has 0 aromatic heterocycles. The van der Waals surface area contributed by atoms with Crippen molar-refractivity contribution in [3.05, 3.63) is 0 Å². The molecule has 2 amide bonds. The van der Waals surface area contributed by atoms with Gasteiger partial charge in [-0.25, -0.2) is 10.6 Å². The largest absolute Gasteiger partial charge is 0.394 e. The highest BCUT2D eigenvalue weighted by Gasteiger charge is 2.27. The van der Waals surface area contributed by atoms with Crippen molar-refractivity contribution in [1.82, 2.24) is 10.3 Å². The van der Waals surface area contributed by atoms with Crippen LogP contribution in [0, 0.1) is 0 Å². The summed E-state index contributed by atoms with van der Waals surface area (Å²) in [5.74, 6) is 4.95. The van der Waals surface area contributed by atoms with Crippen LogP contribution in [0.4, 0.5) is 4.79 Å². The highest BCUT2D eigenvalue weighted by atomic mass is 16.3. The van der Waals surface area contributed by atoms with Gasteiger partial charge in [0.2, 0.25) is 0 Å². The number of aliphatic hydroxyl groups excluding tert-OH is 1. The number of nitrogens with one attached hydrogen (secondary N) is 1. The zero-order valence-corrected chi connectivity index (χ0v) is 6.29. The first-order valence-electron chi connectivity index (χ1n) is 3.67. The summed E-state index contributed by atoms with van der Waals surface area (Å²) >= 11 is 0. The summed E-state index contributed by atoms with van der Waals surface area (Å²) in [4.78, 5) is 12.5. The number of rotatable bonds is 1. The molecule has 1 saturated heterocycles. The highest BCUT2D eigenvalue weighted by molar-refractivity contribution is 5.74. The van der Waals surface area contributed by atoms with Crippen LogP contribution in [0.5, 0.6) is 0 Å². The summed E-state index contributed by atoms with van der Waals surface area (Å²) in [5.41, 5.74) is 2.05. The third kappa shape index (κ3) is 1.61. The summed E-state index contributed by atoms with van der Waals surface area (Å²) in [6, 6.07) is -0.347. The van der Waals surface area contributed by atoms with Crippen molar-refractivity contribution in [1.29, 1.82) is 0 Å². The Labute approximate surface area is 65.1 Å². The zero-order valence-electron chi connectivity index (χ0n) is 6.29. The second-order valence-corrected chi connectivity index (χ2v) is 2.62. The molecule has 1 rings (SSSR count). The van der Waals surface area contributed by atoms with Gasteiger partial charge >= 0.3 is 6.03 Å². The van der Waals surface area contributed by atoms with E-state index in [-0.39, 0.29) is 18.7 Å². The van der Waals surface area contributed by atoms with Gasteiger partial charge in [-0.15, -0.1) is 0 Å². The van der Waals surface area contributed by atoms with Crippen LogP contribution < -0.4 is 11.3 Å². The number of amides is 2. The molecular weight excluding hydrogens is 146 g/mol. The van der Waals surface area contributed by atoms with Gasteiger partial charge in [0.25, 0.3) is 0 Å². The lowest BCUT2D eigenvalue weighted by Crippen LogP contribution is -2.46. The summed E-state index contributed by atoms with van der Waals surface area (Å²) in [6.45, 7) is 0.710. The minimum Gasteiger partial charge on any atom is -0.394 e. The molecule has 0 radical (unpaired) electrons. The number of hydrogen-bond acceptors (Lipinski definition) is 3. The van der Waals surface area contributed by atoms with E-state index >= 15 is 0 Å². The second-order valence-electron chi connectivity index (χ2n) is 2.62. The molecule has 1 heterocycles. The predicted molar refractivity (Wildman–Crippen MR) is 39.5 cm³/mol. The fourth-order valence-corrected chi connectivity index (χ4v) is 1.38. The van der Waals surface area contributed by atoms with Gasteiger partial charge < -0.3 is 10.0 Å². The molecule has 1 aliphatic rings. The molecule has 11 heavy (non-hydrogen) atoms. The Balaban J connectivity index is 2.49. The fourth-order valence-electron chi connectivity index (χ4n) is 1.38. The van der Waals surface area contributed by atoms with E-state index in [0.717, 1.165) is 12.8 Å². The molecule has 1 aliphatic heterocycles. The molecule has 4 N–H and O–H groups in total. The maximum Gasteiger partial charge on any atom is 0.331 e. The number of likely N-dealkylation sites (tertiary alicyclic amines) is 1. The molecule has 0 aromatic rings. The van der Waals surface area contributed by atoms with Crippen LogP contribution >= 0.6 is 0 Å². The van der Waals surface area contributed by atoms with Crippen LogP contribution in [-0.2, 0) is 0 Å². The molecule has 64 valence electrons. The topological polar surface area (TPSA) is 78.6 Å². The van der Waals surface area contributed by atoms with Crippen LogP contribution in [0.3, 0.4) is 0 Å². The Morgan fingerprint density at radius 1 is 1.82 bits per heavy atom. The van der Waals surface area contributed by atoms with Gasteiger partial charge in [-0.3, -0.25) is 5.43 Å². The predicted octanol–water partition coefficient (Wildman–Crippen LogP) is -0.974. The average Bonchev–Trinajstić information content (AvgIpc) is 2.50. The number of hydrogen-bond donors (Lipinski definition) is 3. The Bertz CT molecular complexity index is 151. The summed E-state index contributed by atoms with van der Waals surface area (Å²) in [6.07, 6.45) is 1.81. The first-order chi connectivity index (χ1) is 5.29. The fraction of sp³-hybridized carbons (Fsp3) is 0.833. The summed E-state index contributed by atoms with van der Waals surface area (Å²) in [5, 5.41) is 8.82. The van der Waals surface area contributed by atoms with Gasteiger partial charge in [0.1, 0.15) is 0 Å². The summed E-state index contributed by atoms with van der Waals surface area (Å²) < 4.78 is 0. The van der Waals surface area contributed by atoms with E-state index in [1.807, 2.05) is 5.43 Å². The first-order valence-corrected chi connectivity index (χ1v) is 3.67. The van der Waals surface area contributed by atoms with Gasteiger partial charge in [-0.2, -0.15) is 0 Å². The minimum absolute atomic E-state index is 0.0212. The number of nitrogens with two attached hydrogens (primary N) is 1.